The number of hydrogen-bond acceptors (Lipinski definition) is 4. The second kappa shape index (κ2) is 7.69. The van der Waals surface area contributed by atoms with Gasteiger partial charge in [-0.3, -0.25) is 0 Å². The summed E-state index contributed by atoms with van der Waals surface area (Å²) >= 11 is 12.1. The first-order chi connectivity index (χ1) is 13.5. The summed E-state index contributed by atoms with van der Waals surface area (Å²) in [5, 5.41) is 12.4. The molecule has 144 valence electrons. The number of aromatic nitrogens is 3. The SMILES string of the molecule is O=C(O)NC1CCN(c2cc(-c3ncc(-c4ccc(Cl)c(Cl)c4)[nH]3)ccn2)C1. The fraction of sp³-hybridized carbons (Fsp3) is 0.211. The number of halogens is 2. The van der Waals surface area contributed by atoms with E-state index < -0.39 is 6.09 Å². The van der Waals surface area contributed by atoms with Crippen LogP contribution in [-0.2, 0) is 0 Å². The summed E-state index contributed by atoms with van der Waals surface area (Å²) in [6.45, 7) is 1.34. The van der Waals surface area contributed by atoms with Gasteiger partial charge in [0.25, 0.3) is 0 Å². The van der Waals surface area contributed by atoms with Crippen LogP contribution in [0, 0.1) is 0 Å². The summed E-state index contributed by atoms with van der Waals surface area (Å²) in [4.78, 5) is 25.1. The molecule has 1 aliphatic heterocycles. The molecule has 3 N–H and O–H groups in total. The number of rotatable bonds is 4. The van der Waals surface area contributed by atoms with Gasteiger partial charge in [-0.25, -0.2) is 14.8 Å². The number of nitrogens with zero attached hydrogens (tertiary/aromatic N) is 3. The number of aromatic amines is 1. The molecule has 1 unspecified atom stereocenters. The minimum atomic E-state index is -1.00. The van der Waals surface area contributed by atoms with Gasteiger partial charge >= 0.3 is 6.09 Å². The number of hydrogen-bond donors (Lipinski definition) is 3. The number of amides is 1. The van der Waals surface area contributed by atoms with Gasteiger partial charge in [-0.05, 0) is 30.7 Å². The highest BCUT2D eigenvalue weighted by Crippen LogP contribution is 2.29. The highest BCUT2D eigenvalue weighted by Gasteiger charge is 2.25. The van der Waals surface area contributed by atoms with E-state index in [1.165, 1.54) is 0 Å². The molecule has 0 aliphatic carbocycles. The summed E-state index contributed by atoms with van der Waals surface area (Å²) in [6, 6.07) is 9.15. The van der Waals surface area contributed by atoms with E-state index in [0.29, 0.717) is 22.4 Å². The van der Waals surface area contributed by atoms with Crippen molar-refractivity contribution in [2.45, 2.75) is 12.5 Å². The Labute approximate surface area is 171 Å². The Kier molecular flexibility index (Phi) is 5.11. The Morgan fingerprint density at radius 1 is 1.18 bits per heavy atom. The lowest BCUT2D eigenvalue weighted by molar-refractivity contribution is 0.191. The number of benzene rings is 1. The van der Waals surface area contributed by atoms with Crippen LogP contribution in [-0.4, -0.2) is 45.3 Å². The van der Waals surface area contributed by atoms with Crippen LogP contribution >= 0.6 is 23.2 Å². The zero-order chi connectivity index (χ0) is 19.7. The second-order valence-electron chi connectivity index (χ2n) is 6.56. The van der Waals surface area contributed by atoms with Crippen molar-refractivity contribution in [3.8, 4) is 22.6 Å². The fourth-order valence-corrected chi connectivity index (χ4v) is 3.58. The standard InChI is InChI=1S/C19H17Cl2N5O2/c20-14-2-1-11(7-15(14)21)16-9-23-18(25-16)12-3-5-22-17(8-12)26-6-4-13(10-26)24-19(27)28/h1-3,5,7-9,13,24H,4,6,10H2,(H,23,25)(H,27,28). The van der Waals surface area contributed by atoms with E-state index in [4.69, 9.17) is 28.3 Å². The van der Waals surface area contributed by atoms with Crippen LogP contribution < -0.4 is 10.2 Å². The van der Waals surface area contributed by atoms with Gasteiger partial charge in [-0.15, -0.1) is 0 Å². The second-order valence-corrected chi connectivity index (χ2v) is 7.37. The number of pyridine rings is 1. The zero-order valence-corrected chi connectivity index (χ0v) is 16.2. The number of imidazole rings is 1. The molecule has 1 atom stereocenters. The van der Waals surface area contributed by atoms with Crippen molar-refractivity contribution < 1.29 is 9.90 Å². The van der Waals surface area contributed by atoms with E-state index in [9.17, 15) is 4.79 Å². The lowest BCUT2D eigenvalue weighted by atomic mass is 10.2. The largest absolute Gasteiger partial charge is 0.465 e. The highest BCUT2D eigenvalue weighted by atomic mass is 35.5. The average molecular weight is 418 g/mol. The summed E-state index contributed by atoms with van der Waals surface area (Å²) < 4.78 is 0. The Hall–Kier alpha value is -2.77. The molecular weight excluding hydrogens is 401 g/mol. The highest BCUT2D eigenvalue weighted by molar-refractivity contribution is 6.42. The predicted octanol–water partition coefficient (Wildman–Crippen LogP) is 4.29. The predicted molar refractivity (Wildman–Crippen MR) is 109 cm³/mol. The number of carboxylic acid groups (broad SMARTS) is 1. The van der Waals surface area contributed by atoms with Crippen LogP contribution in [0.1, 0.15) is 6.42 Å². The van der Waals surface area contributed by atoms with Gasteiger partial charge in [0.2, 0.25) is 0 Å². The van der Waals surface area contributed by atoms with Gasteiger partial charge in [-0.1, -0.05) is 29.3 Å². The maximum atomic E-state index is 10.8. The molecule has 28 heavy (non-hydrogen) atoms. The monoisotopic (exact) mass is 417 g/mol. The van der Waals surface area contributed by atoms with Crippen molar-refractivity contribution in [1.82, 2.24) is 20.3 Å². The fourth-order valence-electron chi connectivity index (χ4n) is 3.28. The molecular formula is C19H17Cl2N5O2. The summed E-state index contributed by atoms with van der Waals surface area (Å²) in [5.41, 5.74) is 2.62. The maximum absolute atomic E-state index is 10.8. The van der Waals surface area contributed by atoms with Crippen molar-refractivity contribution >= 4 is 35.1 Å². The molecule has 0 saturated carbocycles. The molecule has 1 amide bonds. The molecule has 2 aromatic heterocycles. The normalized spacial score (nSPS) is 16.4. The van der Waals surface area contributed by atoms with Crippen molar-refractivity contribution in [3.05, 3.63) is 52.8 Å². The van der Waals surface area contributed by atoms with E-state index in [1.54, 1.807) is 24.5 Å². The van der Waals surface area contributed by atoms with Crippen molar-refractivity contribution in [2.75, 3.05) is 18.0 Å². The third-order valence-corrected chi connectivity index (χ3v) is 5.40. The quantitative estimate of drug-likeness (QED) is 0.588. The molecule has 1 aliphatic rings. The van der Waals surface area contributed by atoms with E-state index in [1.807, 2.05) is 18.2 Å². The molecule has 1 fully saturated rings. The lowest BCUT2D eigenvalue weighted by Crippen LogP contribution is -2.36. The summed E-state index contributed by atoms with van der Waals surface area (Å²) in [5.74, 6) is 1.50. The van der Waals surface area contributed by atoms with Crippen LogP contribution in [0.2, 0.25) is 10.0 Å². The Morgan fingerprint density at radius 3 is 2.82 bits per heavy atom. The van der Waals surface area contributed by atoms with E-state index in [2.05, 4.69) is 25.2 Å². The number of carbonyl (C=O) groups is 1. The molecule has 7 nitrogen and oxygen atoms in total. The smallest absolute Gasteiger partial charge is 0.404 e. The number of nitrogens with one attached hydrogen (secondary N) is 2. The minimum absolute atomic E-state index is 0.0900. The van der Waals surface area contributed by atoms with Crippen LogP contribution in [0.15, 0.2) is 42.7 Å². The molecule has 0 bridgehead atoms. The van der Waals surface area contributed by atoms with Crippen molar-refractivity contribution in [1.29, 1.82) is 0 Å². The molecule has 0 radical (unpaired) electrons. The van der Waals surface area contributed by atoms with Crippen LogP contribution in [0.3, 0.4) is 0 Å². The van der Waals surface area contributed by atoms with Gasteiger partial charge in [0.1, 0.15) is 11.6 Å². The van der Waals surface area contributed by atoms with Crippen LogP contribution in [0.4, 0.5) is 10.6 Å². The summed E-state index contributed by atoms with van der Waals surface area (Å²) in [7, 11) is 0. The first-order valence-electron chi connectivity index (χ1n) is 8.71. The Balaban J connectivity index is 1.54. The number of H-pyrrole nitrogens is 1. The first kappa shape index (κ1) is 18.6. The van der Waals surface area contributed by atoms with Gasteiger partial charge in [0, 0.05) is 30.4 Å². The third kappa shape index (κ3) is 3.90. The van der Waals surface area contributed by atoms with Crippen LogP contribution in [0.5, 0.6) is 0 Å². The van der Waals surface area contributed by atoms with E-state index in [-0.39, 0.29) is 6.04 Å². The third-order valence-electron chi connectivity index (χ3n) is 4.67. The molecule has 9 heteroatoms. The van der Waals surface area contributed by atoms with Gasteiger partial charge in [-0.2, -0.15) is 0 Å². The molecule has 3 aromatic rings. The molecule has 1 aromatic carbocycles. The molecule has 3 heterocycles. The maximum Gasteiger partial charge on any atom is 0.404 e. The Bertz CT molecular complexity index is 1020. The molecule has 0 spiro atoms. The van der Waals surface area contributed by atoms with Crippen molar-refractivity contribution in [2.24, 2.45) is 0 Å². The van der Waals surface area contributed by atoms with Crippen LogP contribution in [0.25, 0.3) is 22.6 Å². The van der Waals surface area contributed by atoms with Gasteiger partial charge in [0.15, 0.2) is 0 Å². The van der Waals surface area contributed by atoms with Gasteiger partial charge < -0.3 is 20.3 Å². The van der Waals surface area contributed by atoms with E-state index in [0.717, 1.165) is 35.6 Å². The Morgan fingerprint density at radius 2 is 2.04 bits per heavy atom. The topological polar surface area (TPSA) is 94.1 Å². The molecule has 4 rings (SSSR count). The first-order valence-corrected chi connectivity index (χ1v) is 9.46. The lowest BCUT2D eigenvalue weighted by Gasteiger charge is -2.17. The van der Waals surface area contributed by atoms with E-state index >= 15 is 0 Å². The average Bonchev–Trinajstić information content (AvgIpc) is 3.33. The number of anilines is 1. The van der Waals surface area contributed by atoms with Gasteiger partial charge in [0.05, 0.1) is 28.0 Å². The van der Waals surface area contributed by atoms with Crippen molar-refractivity contribution in [3.63, 3.8) is 0 Å². The molecule has 1 saturated heterocycles. The minimum Gasteiger partial charge on any atom is -0.465 e. The summed E-state index contributed by atoms with van der Waals surface area (Å²) in [6.07, 6.45) is 3.22. The zero-order valence-electron chi connectivity index (χ0n) is 14.7.